The first-order valence-corrected chi connectivity index (χ1v) is 11.5. The van der Waals surface area contributed by atoms with Crippen LogP contribution in [0.2, 0.25) is 0 Å². The average molecular weight is 465 g/mol. The summed E-state index contributed by atoms with van der Waals surface area (Å²) in [7, 11) is 4.91. The Morgan fingerprint density at radius 2 is 1.82 bits per heavy atom. The summed E-state index contributed by atoms with van der Waals surface area (Å²) in [5, 5.41) is 5.26. The first kappa shape index (κ1) is 22.8. The smallest absolute Gasteiger partial charge is 0.258 e. The molecule has 0 spiro atoms. The molecule has 4 aromatic rings. The first-order chi connectivity index (χ1) is 15.7. The molecule has 0 saturated carbocycles. The zero-order valence-electron chi connectivity index (χ0n) is 20.0. The number of fused-ring (bicyclic) bond motifs is 1. The van der Waals surface area contributed by atoms with Gasteiger partial charge in [0.1, 0.15) is 0 Å². The van der Waals surface area contributed by atoms with Crippen LogP contribution in [0.5, 0.6) is 11.5 Å². The van der Waals surface area contributed by atoms with Gasteiger partial charge in [-0.1, -0.05) is 0 Å². The third-order valence-corrected chi connectivity index (χ3v) is 6.63. The van der Waals surface area contributed by atoms with Crippen LogP contribution in [0.4, 0.5) is 5.69 Å². The zero-order chi connectivity index (χ0) is 23.9. The van der Waals surface area contributed by atoms with Gasteiger partial charge in [0, 0.05) is 40.2 Å². The molecule has 0 atom stereocenters. The van der Waals surface area contributed by atoms with E-state index in [1.54, 1.807) is 55.8 Å². The fourth-order valence-corrected chi connectivity index (χ4v) is 4.86. The van der Waals surface area contributed by atoms with E-state index in [0.29, 0.717) is 28.4 Å². The van der Waals surface area contributed by atoms with E-state index in [1.807, 2.05) is 16.8 Å². The topological polar surface area (TPSA) is 69.5 Å². The molecule has 0 aliphatic carbocycles. The summed E-state index contributed by atoms with van der Waals surface area (Å²) in [6, 6.07) is 9.53. The summed E-state index contributed by atoms with van der Waals surface area (Å²) >= 11 is 1.72. The van der Waals surface area contributed by atoms with E-state index in [0.717, 1.165) is 16.6 Å². The number of hydrogen-bond donors (Lipinski definition) is 0. The second kappa shape index (κ2) is 8.86. The van der Waals surface area contributed by atoms with Crippen molar-refractivity contribution in [2.24, 2.45) is 0 Å². The molecule has 0 unspecified atom stereocenters. The van der Waals surface area contributed by atoms with Gasteiger partial charge in [0.25, 0.3) is 5.91 Å². The fourth-order valence-electron chi connectivity index (χ4n) is 3.93. The minimum atomic E-state index is -0.149. The number of nitrogens with zero attached hydrogens (tertiary/aromatic N) is 4. The number of anilines is 1. The Hall–Kier alpha value is -3.39. The van der Waals surface area contributed by atoms with Gasteiger partial charge in [-0.2, -0.15) is 5.10 Å². The first-order valence-electron chi connectivity index (χ1n) is 10.7. The zero-order valence-corrected chi connectivity index (χ0v) is 20.8. The van der Waals surface area contributed by atoms with Crippen molar-refractivity contribution in [3.63, 3.8) is 0 Å². The maximum atomic E-state index is 13.8. The summed E-state index contributed by atoms with van der Waals surface area (Å²) in [6.45, 7) is 8.26. The van der Waals surface area contributed by atoms with Crippen molar-refractivity contribution in [1.29, 1.82) is 0 Å². The molecule has 8 heteroatoms. The van der Waals surface area contributed by atoms with Crippen molar-refractivity contribution in [3.05, 3.63) is 51.8 Å². The van der Waals surface area contributed by atoms with Gasteiger partial charge in [-0.15, -0.1) is 11.3 Å². The van der Waals surface area contributed by atoms with Crippen LogP contribution in [0.15, 0.2) is 36.5 Å². The largest absolute Gasteiger partial charge is 0.493 e. The Bertz CT molecular complexity index is 1340. The molecule has 0 aliphatic heterocycles. The normalized spacial score (nSPS) is 11.3. The number of rotatable bonds is 6. The fraction of sp³-hybridized carbons (Fsp3) is 0.320. The lowest BCUT2D eigenvalue weighted by molar-refractivity contribution is 0.0994. The maximum absolute atomic E-state index is 13.8. The molecule has 3 heterocycles. The summed E-state index contributed by atoms with van der Waals surface area (Å²) in [5.74, 6) is 1.02. The molecule has 0 fully saturated rings. The third kappa shape index (κ3) is 4.06. The van der Waals surface area contributed by atoms with Crippen LogP contribution in [-0.4, -0.2) is 41.9 Å². The number of hydrogen-bond acceptors (Lipinski definition) is 6. The number of benzene rings is 1. The third-order valence-electron chi connectivity index (χ3n) is 5.66. The highest BCUT2D eigenvalue weighted by Gasteiger charge is 2.23. The van der Waals surface area contributed by atoms with Gasteiger partial charge in [-0.25, -0.2) is 9.67 Å². The molecule has 0 aliphatic rings. The Balaban J connectivity index is 1.87. The molecule has 172 valence electrons. The Labute approximate surface area is 197 Å². The predicted octanol–water partition coefficient (Wildman–Crippen LogP) is 5.65. The van der Waals surface area contributed by atoms with Crippen LogP contribution in [0.1, 0.15) is 40.0 Å². The van der Waals surface area contributed by atoms with Crippen LogP contribution in [0.3, 0.4) is 0 Å². The second-order valence-corrected chi connectivity index (χ2v) is 9.67. The highest BCUT2D eigenvalue weighted by atomic mass is 32.1. The summed E-state index contributed by atoms with van der Waals surface area (Å²) in [5.41, 5.74) is 3.77. The molecular weight excluding hydrogens is 436 g/mol. The van der Waals surface area contributed by atoms with E-state index in [1.165, 1.54) is 9.75 Å². The second-order valence-electron chi connectivity index (χ2n) is 8.21. The van der Waals surface area contributed by atoms with Crippen molar-refractivity contribution < 1.29 is 14.3 Å². The number of methoxy groups -OCH3 is 2. The molecule has 1 aromatic carbocycles. The van der Waals surface area contributed by atoms with Crippen LogP contribution < -0.4 is 14.4 Å². The average Bonchev–Trinajstić information content (AvgIpc) is 3.39. The molecule has 7 nitrogen and oxygen atoms in total. The number of thiophene rings is 1. The van der Waals surface area contributed by atoms with Crippen molar-refractivity contribution in [2.75, 3.05) is 26.2 Å². The molecule has 3 aromatic heterocycles. The van der Waals surface area contributed by atoms with Crippen LogP contribution >= 0.6 is 11.3 Å². The standard InChI is InChI=1S/C25H28N4O3S/c1-14(2)29-24-20(13-26-29)19(12-21(27-24)18-10-15(3)33-16(18)4)25(30)28(5)17-8-9-22(31-6)23(11-17)32-7/h8-14H,1-7H3. The Kier molecular flexibility index (Phi) is 6.12. The molecule has 33 heavy (non-hydrogen) atoms. The summed E-state index contributed by atoms with van der Waals surface area (Å²) in [4.78, 5) is 22.7. The van der Waals surface area contributed by atoms with E-state index >= 15 is 0 Å². The molecule has 0 saturated heterocycles. The molecule has 4 rings (SSSR count). The highest BCUT2D eigenvalue weighted by molar-refractivity contribution is 7.12. The Morgan fingerprint density at radius 1 is 1.09 bits per heavy atom. The number of amides is 1. The van der Waals surface area contributed by atoms with Gasteiger partial charge in [0.15, 0.2) is 17.1 Å². The van der Waals surface area contributed by atoms with Crippen molar-refractivity contribution in [1.82, 2.24) is 14.8 Å². The molecule has 0 N–H and O–H groups in total. The number of carbonyl (C=O) groups excluding carboxylic acids is 1. The van der Waals surface area contributed by atoms with Crippen molar-refractivity contribution >= 4 is 34.0 Å². The van der Waals surface area contributed by atoms with Gasteiger partial charge in [0.05, 0.1) is 37.1 Å². The van der Waals surface area contributed by atoms with E-state index in [4.69, 9.17) is 14.5 Å². The van der Waals surface area contributed by atoms with E-state index in [-0.39, 0.29) is 11.9 Å². The van der Waals surface area contributed by atoms with E-state index in [2.05, 4.69) is 38.9 Å². The number of carbonyl (C=O) groups is 1. The van der Waals surface area contributed by atoms with Crippen molar-refractivity contribution in [2.45, 2.75) is 33.7 Å². The van der Waals surface area contributed by atoms with Gasteiger partial charge >= 0.3 is 0 Å². The lowest BCUT2D eigenvalue weighted by Crippen LogP contribution is -2.26. The minimum absolute atomic E-state index is 0.113. The predicted molar refractivity (Wildman–Crippen MR) is 133 cm³/mol. The van der Waals surface area contributed by atoms with Gasteiger partial charge < -0.3 is 14.4 Å². The van der Waals surface area contributed by atoms with Gasteiger partial charge in [0.2, 0.25) is 0 Å². The van der Waals surface area contributed by atoms with Crippen LogP contribution in [-0.2, 0) is 0 Å². The quantitative estimate of drug-likeness (QED) is 0.369. The maximum Gasteiger partial charge on any atom is 0.258 e. The lowest BCUT2D eigenvalue weighted by Gasteiger charge is -2.20. The van der Waals surface area contributed by atoms with Crippen LogP contribution in [0, 0.1) is 13.8 Å². The Morgan fingerprint density at radius 3 is 2.42 bits per heavy atom. The minimum Gasteiger partial charge on any atom is -0.493 e. The molecule has 0 bridgehead atoms. The van der Waals surface area contributed by atoms with E-state index < -0.39 is 0 Å². The SMILES string of the molecule is COc1ccc(N(C)C(=O)c2cc(-c3cc(C)sc3C)nc3c2cnn3C(C)C)cc1OC. The number of pyridine rings is 1. The molecule has 0 radical (unpaired) electrons. The molecule has 1 amide bonds. The number of aromatic nitrogens is 3. The molecular formula is C25H28N4O3S. The van der Waals surface area contributed by atoms with Crippen molar-refractivity contribution in [3.8, 4) is 22.8 Å². The summed E-state index contributed by atoms with van der Waals surface area (Å²) in [6.07, 6.45) is 1.73. The van der Waals surface area contributed by atoms with Gasteiger partial charge in [-0.05, 0) is 52.0 Å². The van der Waals surface area contributed by atoms with Gasteiger partial charge in [-0.3, -0.25) is 4.79 Å². The van der Waals surface area contributed by atoms with E-state index in [9.17, 15) is 4.79 Å². The monoisotopic (exact) mass is 464 g/mol. The number of aryl methyl sites for hydroxylation is 2. The summed E-state index contributed by atoms with van der Waals surface area (Å²) < 4.78 is 12.6. The number of ether oxygens (including phenoxy) is 2. The highest BCUT2D eigenvalue weighted by Crippen LogP contribution is 2.35. The lowest BCUT2D eigenvalue weighted by atomic mass is 10.1. The van der Waals surface area contributed by atoms with Crippen LogP contribution in [0.25, 0.3) is 22.3 Å².